The highest BCUT2D eigenvalue weighted by Crippen LogP contribution is 2.28. The molecule has 0 unspecified atom stereocenters. The number of ether oxygens (including phenoxy) is 1. The van der Waals surface area contributed by atoms with E-state index in [1.807, 2.05) is 26.0 Å². The van der Waals surface area contributed by atoms with Crippen LogP contribution in [0.2, 0.25) is 0 Å². The molecule has 1 aromatic heterocycles. The van der Waals surface area contributed by atoms with Gasteiger partial charge in [0.2, 0.25) is 0 Å². The zero-order chi connectivity index (χ0) is 23.2. The Morgan fingerprint density at radius 1 is 1.12 bits per heavy atom. The third-order valence-electron chi connectivity index (χ3n) is 6.31. The highest BCUT2D eigenvalue weighted by molar-refractivity contribution is 5.92. The van der Waals surface area contributed by atoms with Crippen LogP contribution in [0.4, 0.5) is 0 Å². The zero-order valence-electron chi connectivity index (χ0n) is 19.8. The van der Waals surface area contributed by atoms with Crippen LogP contribution in [0.5, 0.6) is 5.75 Å². The number of carbonyl (C=O) groups is 1. The number of carbonyl (C=O) groups excluding carboxylic acids is 1. The molecule has 33 heavy (non-hydrogen) atoms. The fourth-order valence-corrected chi connectivity index (χ4v) is 4.51. The highest BCUT2D eigenvalue weighted by atomic mass is 16.5. The van der Waals surface area contributed by atoms with E-state index >= 15 is 0 Å². The van der Waals surface area contributed by atoms with Gasteiger partial charge in [-0.15, -0.1) is 0 Å². The Labute approximate surface area is 196 Å². The number of rotatable bonds is 8. The fourth-order valence-electron chi connectivity index (χ4n) is 4.51. The molecule has 2 heterocycles. The van der Waals surface area contributed by atoms with Crippen molar-refractivity contribution in [3.8, 4) is 5.75 Å². The van der Waals surface area contributed by atoms with E-state index < -0.39 is 0 Å². The van der Waals surface area contributed by atoms with Gasteiger partial charge in [-0.2, -0.15) is 5.10 Å². The Morgan fingerprint density at radius 3 is 2.45 bits per heavy atom. The maximum Gasteiger partial charge on any atom is 0.269 e. The molecule has 174 valence electrons. The van der Waals surface area contributed by atoms with Gasteiger partial charge in [-0.05, 0) is 75.0 Å². The predicted octanol–water partition coefficient (Wildman–Crippen LogP) is 4.31. The first-order valence-corrected chi connectivity index (χ1v) is 11.8. The lowest BCUT2D eigenvalue weighted by atomic mass is 9.89. The standard InChI is InChI=1S/C27H34N4O2/c1-20-17-26(30(3)29-20)27(32)28-18-21(2)33-25-11-9-22(10-12-25)19-31-15-13-24(14-16-31)23-7-5-4-6-8-23/h4-12,17,21,24H,13-16,18-19H2,1-3H3,(H,28,32)/t21-/m1/s1. The maximum absolute atomic E-state index is 12.3. The van der Waals surface area contributed by atoms with Gasteiger partial charge >= 0.3 is 0 Å². The normalized spacial score (nSPS) is 15.8. The molecule has 1 N–H and O–H groups in total. The van der Waals surface area contributed by atoms with Crippen LogP contribution in [-0.2, 0) is 13.6 Å². The van der Waals surface area contributed by atoms with E-state index in [4.69, 9.17) is 4.74 Å². The van der Waals surface area contributed by atoms with Crippen molar-refractivity contribution in [3.63, 3.8) is 0 Å². The first kappa shape index (κ1) is 23.1. The second-order valence-corrected chi connectivity index (χ2v) is 9.04. The molecule has 3 aromatic rings. The number of benzene rings is 2. The van der Waals surface area contributed by atoms with Crippen LogP contribution in [-0.4, -0.2) is 46.3 Å². The molecule has 1 fully saturated rings. The van der Waals surface area contributed by atoms with Crippen LogP contribution in [0.25, 0.3) is 0 Å². The SMILES string of the molecule is Cc1cc(C(=O)NC[C@@H](C)Oc2ccc(CN3CCC(c4ccccc4)CC3)cc2)n(C)n1. The summed E-state index contributed by atoms with van der Waals surface area (Å²) in [6, 6.07) is 21.0. The number of likely N-dealkylation sites (tertiary alicyclic amines) is 1. The van der Waals surface area contributed by atoms with Gasteiger partial charge in [0.15, 0.2) is 0 Å². The topological polar surface area (TPSA) is 59.4 Å². The number of nitrogens with one attached hydrogen (secondary N) is 1. The molecule has 1 saturated heterocycles. The molecule has 4 rings (SSSR count). The second-order valence-electron chi connectivity index (χ2n) is 9.04. The maximum atomic E-state index is 12.3. The van der Waals surface area contributed by atoms with E-state index in [1.54, 1.807) is 17.8 Å². The smallest absolute Gasteiger partial charge is 0.269 e. The largest absolute Gasteiger partial charge is 0.489 e. The van der Waals surface area contributed by atoms with Crippen LogP contribution in [0.15, 0.2) is 60.7 Å². The Bertz CT molecular complexity index is 1040. The molecule has 0 radical (unpaired) electrons. The van der Waals surface area contributed by atoms with E-state index in [-0.39, 0.29) is 12.0 Å². The molecular formula is C27H34N4O2. The molecule has 2 aromatic carbocycles. The van der Waals surface area contributed by atoms with Crippen molar-refractivity contribution in [1.29, 1.82) is 0 Å². The minimum Gasteiger partial charge on any atom is -0.489 e. The van der Waals surface area contributed by atoms with E-state index in [1.165, 1.54) is 24.0 Å². The van der Waals surface area contributed by atoms with E-state index in [2.05, 4.69) is 57.8 Å². The van der Waals surface area contributed by atoms with Crippen LogP contribution in [0.1, 0.15) is 53.0 Å². The summed E-state index contributed by atoms with van der Waals surface area (Å²) in [7, 11) is 1.77. The minimum atomic E-state index is -0.139. The average Bonchev–Trinajstić information content (AvgIpc) is 3.18. The third kappa shape index (κ3) is 6.23. The first-order chi connectivity index (χ1) is 16.0. The summed E-state index contributed by atoms with van der Waals surface area (Å²) in [6.45, 7) is 7.49. The van der Waals surface area contributed by atoms with Crippen molar-refractivity contribution in [3.05, 3.63) is 83.2 Å². The van der Waals surface area contributed by atoms with E-state index in [0.717, 1.165) is 31.1 Å². The Morgan fingerprint density at radius 2 is 1.82 bits per heavy atom. The number of hydrogen-bond acceptors (Lipinski definition) is 4. The number of piperidine rings is 1. The lowest BCUT2D eigenvalue weighted by molar-refractivity contribution is 0.0922. The summed E-state index contributed by atoms with van der Waals surface area (Å²) in [5.41, 5.74) is 4.15. The number of aromatic nitrogens is 2. The van der Waals surface area contributed by atoms with Crippen LogP contribution < -0.4 is 10.1 Å². The molecule has 6 nitrogen and oxygen atoms in total. The number of hydrogen-bond donors (Lipinski definition) is 1. The van der Waals surface area contributed by atoms with Crippen LogP contribution in [0, 0.1) is 6.92 Å². The number of nitrogens with zero attached hydrogens (tertiary/aromatic N) is 3. The average molecular weight is 447 g/mol. The van der Waals surface area contributed by atoms with Crippen molar-refractivity contribution in [2.75, 3.05) is 19.6 Å². The molecule has 0 bridgehead atoms. The van der Waals surface area contributed by atoms with Crippen molar-refractivity contribution in [2.45, 2.75) is 45.3 Å². The molecule has 0 saturated carbocycles. The van der Waals surface area contributed by atoms with Crippen LogP contribution in [0.3, 0.4) is 0 Å². The Balaban J connectivity index is 1.21. The minimum absolute atomic E-state index is 0.133. The lowest BCUT2D eigenvalue weighted by Gasteiger charge is -2.32. The van der Waals surface area contributed by atoms with Gasteiger partial charge in [-0.25, -0.2) is 0 Å². The van der Waals surface area contributed by atoms with Gasteiger partial charge in [0.25, 0.3) is 5.91 Å². The molecule has 1 amide bonds. The molecule has 1 aliphatic heterocycles. The molecule has 6 heteroatoms. The summed E-state index contributed by atoms with van der Waals surface area (Å²) in [4.78, 5) is 14.9. The number of aryl methyl sites for hydroxylation is 2. The van der Waals surface area contributed by atoms with Gasteiger partial charge in [0, 0.05) is 13.6 Å². The Kier molecular flexibility index (Phi) is 7.45. The monoisotopic (exact) mass is 446 g/mol. The predicted molar refractivity (Wildman–Crippen MR) is 131 cm³/mol. The van der Waals surface area contributed by atoms with Gasteiger partial charge in [0.05, 0.1) is 12.2 Å². The second kappa shape index (κ2) is 10.7. The summed E-state index contributed by atoms with van der Waals surface area (Å²) < 4.78 is 7.59. The summed E-state index contributed by atoms with van der Waals surface area (Å²) in [6.07, 6.45) is 2.30. The van der Waals surface area contributed by atoms with Gasteiger partial charge in [0.1, 0.15) is 17.5 Å². The molecular weight excluding hydrogens is 412 g/mol. The molecule has 1 atom stereocenters. The van der Waals surface area contributed by atoms with Crippen molar-refractivity contribution in [2.24, 2.45) is 7.05 Å². The third-order valence-corrected chi connectivity index (χ3v) is 6.31. The molecule has 0 spiro atoms. The van der Waals surface area contributed by atoms with Crippen molar-refractivity contribution in [1.82, 2.24) is 20.0 Å². The van der Waals surface area contributed by atoms with Gasteiger partial charge in [-0.3, -0.25) is 14.4 Å². The summed E-state index contributed by atoms with van der Waals surface area (Å²) >= 11 is 0. The quantitative estimate of drug-likeness (QED) is 0.560. The zero-order valence-corrected chi connectivity index (χ0v) is 19.8. The van der Waals surface area contributed by atoms with Gasteiger partial charge in [-0.1, -0.05) is 42.5 Å². The summed E-state index contributed by atoms with van der Waals surface area (Å²) in [5, 5.41) is 7.14. The fraction of sp³-hybridized carbons (Fsp3) is 0.407. The highest BCUT2D eigenvalue weighted by Gasteiger charge is 2.20. The van der Waals surface area contributed by atoms with Gasteiger partial charge < -0.3 is 10.1 Å². The van der Waals surface area contributed by atoms with Crippen molar-refractivity contribution >= 4 is 5.91 Å². The van der Waals surface area contributed by atoms with E-state index in [9.17, 15) is 4.79 Å². The first-order valence-electron chi connectivity index (χ1n) is 11.8. The summed E-state index contributed by atoms with van der Waals surface area (Å²) in [5.74, 6) is 1.36. The number of amides is 1. The van der Waals surface area contributed by atoms with E-state index in [0.29, 0.717) is 18.2 Å². The lowest BCUT2D eigenvalue weighted by Crippen LogP contribution is -2.34. The van der Waals surface area contributed by atoms with Crippen LogP contribution >= 0.6 is 0 Å². The van der Waals surface area contributed by atoms with Crippen molar-refractivity contribution < 1.29 is 9.53 Å². The molecule has 0 aliphatic carbocycles. The Hall–Kier alpha value is -3.12. The molecule has 1 aliphatic rings.